The molecule has 1 amide bonds. The van der Waals surface area contributed by atoms with Gasteiger partial charge in [-0.3, -0.25) is 4.79 Å². The Balaban J connectivity index is 1.29. The van der Waals surface area contributed by atoms with Crippen LogP contribution in [0.4, 0.5) is 0 Å². The third-order valence-electron chi connectivity index (χ3n) is 18.2. The second-order valence-electron chi connectivity index (χ2n) is 25.7. The molecule has 0 aliphatic carbocycles. The minimum absolute atomic E-state index is 0.216. The van der Waals surface area contributed by atoms with Crippen LogP contribution in [0, 0.1) is 0 Å². The maximum atomic E-state index is 13.4. The molecule has 4 heterocycles. The van der Waals surface area contributed by atoms with Crippen LogP contribution in [0.5, 0.6) is 0 Å². The fraction of sp³-hybridized carbons (Fsp3) is 0.955. The van der Waals surface area contributed by atoms with Crippen molar-refractivity contribution in [3.63, 3.8) is 0 Å². The molecule has 0 aromatic heterocycles. The summed E-state index contributed by atoms with van der Waals surface area (Å²) in [6.07, 6.45) is 5.95. The number of amides is 1. The highest BCUT2D eigenvalue weighted by molar-refractivity contribution is 5.76. The smallest absolute Gasteiger partial charge is 0.220 e. The molecule has 0 aromatic rings. The normalized spacial score (nSPS) is 33.2. The van der Waals surface area contributed by atoms with E-state index in [1.807, 2.05) is 6.08 Å². The van der Waals surface area contributed by atoms with Gasteiger partial charge in [-0.25, -0.2) is 0 Å². The number of nitrogens with one attached hydrogen (secondary N) is 1. The lowest BCUT2D eigenvalue weighted by Crippen LogP contribution is -2.67. The molecule has 4 aliphatic heterocycles. The summed E-state index contributed by atoms with van der Waals surface area (Å²) in [5, 5.41) is 154. The minimum atomic E-state index is -2.09. The van der Waals surface area contributed by atoms with Gasteiger partial charge in [-0.05, 0) is 19.3 Å². The van der Waals surface area contributed by atoms with Gasteiger partial charge in [-0.1, -0.05) is 219 Å². The van der Waals surface area contributed by atoms with Gasteiger partial charge in [-0.2, -0.15) is 0 Å². The monoisotopic (exact) mass is 1300 g/mol. The standard InChI is InChI=1S/C66H123NO23/c1-3-5-7-9-11-13-15-17-18-19-20-21-22-23-24-26-28-30-32-34-36-38-50(73)67-44(45(72)37-35-33-31-29-27-25-16-14-12-10-8-6-4-2)43-83-63-57(80)55(78)60(49(42-71)87-63)88-65-58(81)62(53(76)47(40-69)85-65)90-66-59(82)61(52(75)48(41-70)86-66)89-64-56(79)54(77)51(74)46(39-68)84-64/h35,37,44-49,51-66,68-72,74-82H,3-34,36,38-43H2,1-2H3,(H,67,73)/b37-35+/t44-,45+,46?,47?,48?,49?,51-,52-,53-,54-,55+,56?,57?,58?,59?,60+,61-,62-,63+,64+,65-,66+/m0/s1. The van der Waals surface area contributed by atoms with Crippen LogP contribution in [-0.4, -0.2) is 245 Å². The molecule has 4 fully saturated rings. The summed E-state index contributed by atoms with van der Waals surface area (Å²) in [4.78, 5) is 13.4. The molecule has 8 unspecified atom stereocenters. The van der Waals surface area contributed by atoms with Gasteiger partial charge in [0, 0.05) is 6.42 Å². The van der Waals surface area contributed by atoms with Gasteiger partial charge >= 0.3 is 0 Å². The fourth-order valence-corrected chi connectivity index (χ4v) is 12.4. The van der Waals surface area contributed by atoms with Crippen molar-refractivity contribution in [1.82, 2.24) is 5.32 Å². The van der Waals surface area contributed by atoms with Crippen LogP contribution in [0.3, 0.4) is 0 Å². The van der Waals surface area contributed by atoms with Crippen molar-refractivity contribution in [3.05, 3.63) is 12.2 Å². The molecular weight excluding hydrogens is 1170 g/mol. The first-order valence-corrected chi connectivity index (χ1v) is 35.0. The van der Waals surface area contributed by atoms with E-state index in [-0.39, 0.29) is 12.3 Å². The predicted molar refractivity (Wildman–Crippen MR) is 333 cm³/mol. The number of carbonyl (C=O) groups is 1. The quantitative estimate of drug-likeness (QED) is 0.0302. The molecule has 0 saturated carbocycles. The first-order chi connectivity index (χ1) is 43.6. The zero-order valence-corrected chi connectivity index (χ0v) is 54.4. The second-order valence-corrected chi connectivity index (χ2v) is 25.7. The molecule has 0 radical (unpaired) electrons. The van der Waals surface area contributed by atoms with Crippen LogP contribution in [-0.2, 0) is 42.7 Å². The van der Waals surface area contributed by atoms with Crippen molar-refractivity contribution in [1.29, 1.82) is 0 Å². The van der Waals surface area contributed by atoms with Crippen LogP contribution in [0.2, 0.25) is 0 Å². The molecule has 4 aliphatic rings. The van der Waals surface area contributed by atoms with Crippen molar-refractivity contribution in [2.45, 2.75) is 367 Å². The van der Waals surface area contributed by atoms with E-state index in [1.165, 1.54) is 154 Å². The van der Waals surface area contributed by atoms with E-state index in [4.69, 9.17) is 37.9 Å². The van der Waals surface area contributed by atoms with E-state index in [0.29, 0.717) is 12.8 Å². The summed E-state index contributed by atoms with van der Waals surface area (Å²) >= 11 is 0. The molecule has 4 rings (SSSR count). The molecule has 530 valence electrons. The SMILES string of the molecule is CCCCCCCCCCCCC/C=C/[C@@H](O)[C@H](CO[C@@H]1OC(CO)[C@@H](O[C@@H]2OC(CO)[C@H](O)[C@H](O[C@H]3OC(CO)[C@H](O)[C@H](O[C@H]4OC(CO)[C@H](O)[C@H](O)C4O)C3O)C2O)[C@H](O)C1O)NC(=O)CCCCCCCCCCCCCCCCCCCCCCC. The van der Waals surface area contributed by atoms with Gasteiger partial charge in [0.15, 0.2) is 25.2 Å². The maximum absolute atomic E-state index is 13.4. The van der Waals surface area contributed by atoms with Gasteiger partial charge in [-0.15, -0.1) is 0 Å². The minimum Gasteiger partial charge on any atom is -0.394 e. The van der Waals surface area contributed by atoms with Crippen LogP contribution in [0.25, 0.3) is 0 Å². The van der Waals surface area contributed by atoms with Crippen molar-refractivity contribution in [2.24, 2.45) is 0 Å². The molecule has 15 N–H and O–H groups in total. The lowest BCUT2D eigenvalue weighted by atomic mass is 9.95. The second kappa shape index (κ2) is 47.3. The van der Waals surface area contributed by atoms with Gasteiger partial charge in [0.1, 0.15) is 97.7 Å². The lowest BCUT2D eigenvalue weighted by Gasteiger charge is -2.49. The number of hydrogen-bond donors (Lipinski definition) is 15. The lowest BCUT2D eigenvalue weighted by molar-refractivity contribution is -0.390. The summed E-state index contributed by atoms with van der Waals surface area (Å²) in [5.74, 6) is -0.303. The first-order valence-electron chi connectivity index (χ1n) is 35.0. The number of rotatable bonds is 50. The predicted octanol–water partition coefficient (Wildman–Crippen LogP) is 3.98. The van der Waals surface area contributed by atoms with E-state index in [9.17, 15) is 76.3 Å². The highest BCUT2D eigenvalue weighted by atomic mass is 16.8. The number of aliphatic hydroxyl groups excluding tert-OH is 14. The molecule has 22 atom stereocenters. The molecule has 0 spiro atoms. The number of ether oxygens (including phenoxy) is 8. The van der Waals surface area contributed by atoms with E-state index in [1.54, 1.807) is 6.08 Å². The summed E-state index contributed by atoms with van der Waals surface area (Å²) in [7, 11) is 0. The Morgan fingerprint density at radius 3 is 1.12 bits per heavy atom. The number of aliphatic hydroxyl groups is 14. The van der Waals surface area contributed by atoms with Gasteiger partial charge in [0.2, 0.25) is 5.91 Å². The summed E-state index contributed by atoms with van der Waals surface area (Å²) in [6.45, 7) is 0.540. The average Bonchev–Trinajstić information content (AvgIpc) is 0.839. The Kier molecular flexibility index (Phi) is 42.4. The third-order valence-corrected chi connectivity index (χ3v) is 18.2. The largest absolute Gasteiger partial charge is 0.394 e. The molecular formula is C66H123NO23. The van der Waals surface area contributed by atoms with E-state index < -0.39 is 168 Å². The number of allylic oxidation sites excluding steroid dienone is 1. The molecule has 4 saturated heterocycles. The zero-order chi connectivity index (χ0) is 65.6. The highest BCUT2D eigenvalue weighted by Crippen LogP contribution is 2.35. The maximum Gasteiger partial charge on any atom is 0.220 e. The van der Waals surface area contributed by atoms with Crippen molar-refractivity contribution >= 4 is 5.91 Å². The molecule has 24 heteroatoms. The van der Waals surface area contributed by atoms with Crippen LogP contribution in [0.1, 0.15) is 232 Å². The molecule has 0 bridgehead atoms. The van der Waals surface area contributed by atoms with Crippen molar-refractivity contribution in [3.8, 4) is 0 Å². The molecule has 90 heavy (non-hydrogen) atoms. The first kappa shape index (κ1) is 80.8. The van der Waals surface area contributed by atoms with Crippen molar-refractivity contribution < 1.29 is 114 Å². The number of carbonyl (C=O) groups excluding carboxylic acids is 1. The summed E-state index contributed by atoms with van der Waals surface area (Å²) < 4.78 is 45.9. The highest BCUT2D eigenvalue weighted by Gasteiger charge is 2.56. The Bertz CT molecular complexity index is 1810. The van der Waals surface area contributed by atoms with Gasteiger partial charge < -0.3 is 115 Å². The summed E-state index contributed by atoms with van der Waals surface area (Å²) in [6, 6.07) is -1.02. The fourth-order valence-electron chi connectivity index (χ4n) is 12.4. The van der Waals surface area contributed by atoms with Crippen molar-refractivity contribution in [2.75, 3.05) is 33.0 Å². The number of unbranched alkanes of at least 4 members (excludes halogenated alkanes) is 31. The van der Waals surface area contributed by atoms with Crippen LogP contribution >= 0.6 is 0 Å². The topological polar surface area (TPSA) is 386 Å². The Morgan fingerprint density at radius 2 is 0.722 bits per heavy atom. The Hall–Kier alpha value is -1.67. The van der Waals surface area contributed by atoms with E-state index in [0.717, 1.165) is 44.9 Å². The van der Waals surface area contributed by atoms with Gasteiger partial charge in [0.25, 0.3) is 0 Å². The average molecular weight is 1300 g/mol. The molecule has 0 aromatic carbocycles. The van der Waals surface area contributed by atoms with E-state index >= 15 is 0 Å². The Labute approximate surface area is 535 Å². The Morgan fingerprint density at radius 1 is 0.389 bits per heavy atom. The van der Waals surface area contributed by atoms with E-state index in [2.05, 4.69) is 19.2 Å². The third kappa shape index (κ3) is 28.2. The van der Waals surface area contributed by atoms with Crippen LogP contribution < -0.4 is 5.32 Å². The number of hydrogen-bond acceptors (Lipinski definition) is 23. The van der Waals surface area contributed by atoms with Gasteiger partial charge in [0.05, 0.1) is 45.2 Å². The summed E-state index contributed by atoms with van der Waals surface area (Å²) in [5.41, 5.74) is 0. The van der Waals surface area contributed by atoms with Crippen LogP contribution in [0.15, 0.2) is 12.2 Å². The zero-order valence-electron chi connectivity index (χ0n) is 54.4. The molecule has 24 nitrogen and oxygen atoms in total.